The second-order valence-electron chi connectivity index (χ2n) is 6.09. The van der Waals surface area contributed by atoms with Crippen molar-refractivity contribution in [3.05, 3.63) is 71.4 Å². The number of aromatic nitrogens is 5. The molecule has 0 saturated carbocycles. The smallest absolute Gasteiger partial charge is 0.267 e. The third-order valence-electron chi connectivity index (χ3n) is 4.06. The lowest BCUT2D eigenvalue weighted by Gasteiger charge is -2.10. The third kappa shape index (κ3) is 2.61. The van der Waals surface area contributed by atoms with Gasteiger partial charge in [0.1, 0.15) is 5.69 Å². The second kappa shape index (κ2) is 5.98. The van der Waals surface area contributed by atoms with E-state index in [2.05, 4.69) is 10.1 Å². The van der Waals surface area contributed by atoms with Crippen LogP contribution in [-0.4, -0.2) is 24.4 Å². The van der Waals surface area contributed by atoms with Crippen LogP contribution in [0.25, 0.3) is 28.0 Å². The summed E-state index contributed by atoms with van der Waals surface area (Å²) in [5, 5.41) is 9.28. The predicted molar refractivity (Wildman–Crippen MR) is 96.3 cm³/mol. The van der Waals surface area contributed by atoms with Gasteiger partial charge in [0.2, 0.25) is 0 Å². The predicted octanol–water partition coefficient (Wildman–Crippen LogP) is 3.20. The SMILES string of the molecule is CC(C)n1nc(-c2c(-c3ccccc3)nn3ccncc23)ccc1=O. The topological polar surface area (TPSA) is 65.1 Å². The lowest BCUT2D eigenvalue weighted by molar-refractivity contribution is 0.505. The molecule has 4 rings (SSSR count). The minimum absolute atomic E-state index is 0.0208. The fourth-order valence-corrected chi connectivity index (χ4v) is 2.88. The number of fused-ring (bicyclic) bond motifs is 1. The van der Waals surface area contributed by atoms with Gasteiger partial charge in [-0.2, -0.15) is 10.2 Å². The van der Waals surface area contributed by atoms with E-state index >= 15 is 0 Å². The molecule has 0 aliphatic carbocycles. The molecule has 0 fully saturated rings. The largest absolute Gasteiger partial charge is 0.268 e. The van der Waals surface area contributed by atoms with E-state index in [1.807, 2.05) is 50.4 Å². The standard InChI is InChI=1S/C19H17N5O/c1-13(2)24-17(25)9-8-15(21-24)18-16-12-20-10-11-23(16)22-19(18)14-6-4-3-5-7-14/h3-13H,1-2H3. The first-order valence-electron chi connectivity index (χ1n) is 8.13. The van der Waals surface area contributed by atoms with Crippen molar-refractivity contribution < 1.29 is 0 Å². The molecule has 1 aromatic carbocycles. The van der Waals surface area contributed by atoms with Gasteiger partial charge in [0, 0.05) is 24.0 Å². The highest BCUT2D eigenvalue weighted by Gasteiger charge is 2.18. The van der Waals surface area contributed by atoms with E-state index in [0.29, 0.717) is 5.69 Å². The molecule has 4 aromatic rings. The zero-order valence-corrected chi connectivity index (χ0v) is 14.0. The molecule has 0 amide bonds. The Morgan fingerprint density at radius 2 is 1.80 bits per heavy atom. The first-order valence-corrected chi connectivity index (χ1v) is 8.13. The summed E-state index contributed by atoms with van der Waals surface area (Å²) < 4.78 is 3.28. The van der Waals surface area contributed by atoms with Gasteiger partial charge in [-0.05, 0) is 19.9 Å². The van der Waals surface area contributed by atoms with E-state index in [-0.39, 0.29) is 11.6 Å². The molecule has 0 N–H and O–H groups in total. The minimum Gasteiger partial charge on any atom is -0.268 e. The molecule has 3 heterocycles. The maximum absolute atomic E-state index is 12.1. The van der Waals surface area contributed by atoms with Gasteiger partial charge in [0.05, 0.1) is 29.0 Å². The Morgan fingerprint density at radius 1 is 1.00 bits per heavy atom. The van der Waals surface area contributed by atoms with Crippen molar-refractivity contribution in [2.45, 2.75) is 19.9 Å². The summed E-state index contributed by atoms with van der Waals surface area (Å²) in [4.78, 5) is 16.3. The molecule has 0 radical (unpaired) electrons. The van der Waals surface area contributed by atoms with Crippen LogP contribution in [-0.2, 0) is 0 Å². The molecule has 0 unspecified atom stereocenters. The first-order chi connectivity index (χ1) is 12.1. The van der Waals surface area contributed by atoms with Gasteiger partial charge in [-0.15, -0.1) is 0 Å². The molecule has 124 valence electrons. The molecule has 0 aliphatic heterocycles. The zero-order valence-electron chi connectivity index (χ0n) is 14.0. The molecule has 3 aromatic heterocycles. The Hall–Kier alpha value is -3.28. The van der Waals surface area contributed by atoms with Gasteiger partial charge in [-0.3, -0.25) is 9.78 Å². The van der Waals surface area contributed by atoms with Crippen LogP contribution in [0.2, 0.25) is 0 Å². The Balaban J connectivity index is 2.04. The van der Waals surface area contributed by atoms with Gasteiger partial charge in [0.25, 0.3) is 5.56 Å². The van der Waals surface area contributed by atoms with Crippen molar-refractivity contribution in [3.63, 3.8) is 0 Å². The summed E-state index contributed by atoms with van der Waals surface area (Å²) in [5.74, 6) is 0. The Morgan fingerprint density at radius 3 is 2.56 bits per heavy atom. The normalized spacial score (nSPS) is 11.3. The van der Waals surface area contributed by atoms with Crippen molar-refractivity contribution in [3.8, 4) is 22.5 Å². The lowest BCUT2D eigenvalue weighted by atomic mass is 10.0. The van der Waals surface area contributed by atoms with Crippen LogP contribution in [0.5, 0.6) is 0 Å². The number of benzene rings is 1. The van der Waals surface area contributed by atoms with Crippen LogP contribution in [0.3, 0.4) is 0 Å². The third-order valence-corrected chi connectivity index (χ3v) is 4.06. The lowest BCUT2D eigenvalue weighted by Crippen LogP contribution is -2.23. The van der Waals surface area contributed by atoms with E-state index in [1.54, 1.807) is 29.0 Å². The molecule has 6 nitrogen and oxygen atoms in total. The van der Waals surface area contributed by atoms with E-state index in [9.17, 15) is 4.79 Å². The zero-order chi connectivity index (χ0) is 17.4. The highest BCUT2D eigenvalue weighted by molar-refractivity contribution is 5.90. The number of hydrogen-bond acceptors (Lipinski definition) is 4. The molecule has 0 aliphatic rings. The van der Waals surface area contributed by atoms with E-state index in [4.69, 9.17) is 5.10 Å². The van der Waals surface area contributed by atoms with E-state index < -0.39 is 0 Å². The van der Waals surface area contributed by atoms with Crippen LogP contribution in [0, 0.1) is 0 Å². The summed E-state index contributed by atoms with van der Waals surface area (Å²) in [6.07, 6.45) is 5.27. The Bertz CT molecular complexity index is 1100. The molecule has 0 saturated heterocycles. The van der Waals surface area contributed by atoms with Gasteiger partial charge in [-0.25, -0.2) is 9.20 Å². The fraction of sp³-hybridized carbons (Fsp3) is 0.158. The minimum atomic E-state index is -0.116. The summed E-state index contributed by atoms with van der Waals surface area (Å²) >= 11 is 0. The van der Waals surface area contributed by atoms with Crippen LogP contribution >= 0.6 is 0 Å². The van der Waals surface area contributed by atoms with Crippen LogP contribution in [0.4, 0.5) is 0 Å². The molecule has 0 bridgehead atoms. The van der Waals surface area contributed by atoms with Crippen molar-refractivity contribution in [2.24, 2.45) is 0 Å². The fourth-order valence-electron chi connectivity index (χ4n) is 2.88. The summed E-state index contributed by atoms with van der Waals surface area (Å²) in [7, 11) is 0. The molecular weight excluding hydrogens is 314 g/mol. The Labute approximate surface area is 144 Å². The van der Waals surface area contributed by atoms with E-state index in [1.165, 1.54) is 4.68 Å². The average Bonchev–Trinajstić information content (AvgIpc) is 3.02. The number of hydrogen-bond donors (Lipinski definition) is 0. The van der Waals surface area contributed by atoms with Crippen molar-refractivity contribution in [2.75, 3.05) is 0 Å². The number of rotatable bonds is 3. The van der Waals surface area contributed by atoms with Gasteiger partial charge < -0.3 is 0 Å². The van der Waals surface area contributed by atoms with Crippen molar-refractivity contribution in [1.29, 1.82) is 0 Å². The van der Waals surface area contributed by atoms with Crippen LogP contribution < -0.4 is 5.56 Å². The Kier molecular flexibility index (Phi) is 3.65. The quantitative estimate of drug-likeness (QED) is 0.578. The molecule has 0 spiro atoms. The monoisotopic (exact) mass is 331 g/mol. The van der Waals surface area contributed by atoms with Gasteiger partial charge >= 0.3 is 0 Å². The second-order valence-corrected chi connectivity index (χ2v) is 6.09. The average molecular weight is 331 g/mol. The van der Waals surface area contributed by atoms with Gasteiger partial charge in [0.15, 0.2) is 0 Å². The van der Waals surface area contributed by atoms with Crippen LogP contribution in [0.15, 0.2) is 65.8 Å². The van der Waals surface area contributed by atoms with Crippen molar-refractivity contribution >= 4 is 5.52 Å². The highest BCUT2D eigenvalue weighted by Crippen LogP contribution is 2.33. The molecular formula is C19H17N5O. The maximum Gasteiger partial charge on any atom is 0.267 e. The maximum atomic E-state index is 12.1. The summed E-state index contributed by atoms with van der Waals surface area (Å²) in [6, 6.07) is 13.2. The molecule has 6 heteroatoms. The first kappa shape index (κ1) is 15.3. The highest BCUT2D eigenvalue weighted by atomic mass is 16.1. The molecule has 0 atom stereocenters. The van der Waals surface area contributed by atoms with Crippen molar-refractivity contribution in [1.82, 2.24) is 24.4 Å². The van der Waals surface area contributed by atoms with Crippen LogP contribution in [0.1, 0.15) is 19.9 Å². The summed E-state index contributed by atoms with van der Waals surface area (Å²) in [6.45, 7) is 3.88. The number of nitrogens with zero attached hydrogens (tertiary/aromatic N) is 5. The molecule has 25 heavy (non-hydrogen) atoms. The summed E-state index contributed by atoms with van der Waals surface area (Å²) in [5.41, 5.74) is 4.11. The van der Waals surface area contributed by atoms with Gasteiger partial charge in [-0.1, -0.05) is 30.3 Å². The van der Waals surface area contributed by atoms with E-state index in [0.717, 1.165) is 22.3 Å².